The summed E-state index contributed by atoms with van der Waals surface area (Å²) in [4.78, 5) is 21.1. The minimum absolute atomic E-state index is 0.0662. The first kappa shape index (κ1) is 19.2. The van der Waals surface area contributed by atoms with Gasteiger partial charge in [-0.1, -0.05) is 18.2 Å². The average Bonchev–Trinajstić information content (AvgIpc) is 2.74. The van der Waals surface area contributed by atoms with E-state index in [0.717, 1.165) is 28.4 Å². The van der Waals surface area contributed by atoms with E-state index in [4.69, 9.17) is 0 Å². The number of fused-ring (bicyclic) bond motifs is 1. The molecule has 9 nitrogen and oxygen atoms in total. The molecular weight excluding hydrogens is 394 g/mol. The van der Waals surface area contributed by atoms with Crippen molar-refractivity contribution in [2.24, 2.45) is 0 Å². The zero-order valence-corrected chi connectivity index (χ0v) is 16.5. The van der Waals surface area contributed by atoms with Crippen molar-refractivity contribution in [1.29, 1.82) is 0 Å². The van der Waals surface area contributed by atoms with E-state index in [1.54, 1.807) is 0 Å². The number of aryl methyl sites for hydroxylation is 1. The lowest BCUT2D eigenvalue weighted by molar-refractivity contribution is -0.385. The number of non-ortho nitro benzene ring substituents is 1. The summed E-state index contributed by atoms with van der Waals surface area (Å²) in [6.45, 7) is 3.46. The van der Waals surface area contributed by atoms with Gasteiger partial charge in [-0.3, -0.25) is 10.1 Å². The molecular formula is C19H19N5O4S. The van der Waals surface area contributed by atoms with Crippen LogP contribution in [0.15, 0.2) is 53.7 Å². The summed E-state index contributed by atoms with van der Waals surface area (Å²) in [5.41, 5.74) is 1.67. The maximum atomic E-state index is 12.9. The van der Waals surface area contributed by atoms with Crippen molar-refractivity contribution in [2.75, 3.05) is 31.1 Å². The summed E-state index contributed by atoms with van der Waals surface area (Å²) >= 11 is 0. The van der Waals surface area contributed by atoms with Crippen molar-refractivity contribution in [3.8, 4) is 0 Å². The number of benzene rings is 2. The van der Waals surface area contributed by atoms with E-state index in [2.05, 4.69) is 14.9 Å². The van der Waals surface area contributed by atoms with E-state index < -0.39 is 14.9 Å². The number of anilines is 1. The summed E-state index contributed by atoms with van der Waals surface area (Å²) < 4.78 is 27.2. The smallest absolute Gasteiger partial charge is 0.270 e. The van der Waals surface area contributed by atoms with E-state index in [0.29, 0.717) is 13.1 Å². The molecule has 0 bridgehead atoms. The molecule has 0 atom stereocenters. The Morgan fingerprint density at radius 2 is 1.76 bits per heavy atom. The highest BCUT2D eigenvalue weighted by molar-refractivity contribution is 7.89. The minimum Gasteiger partial charge on any atom is -0.353 e. The largest absolute Gasteiger partial charge is 0.353 e. The van der Waals surface area contributed by atoms with Crippen LogP contribution in [0.4, 0.5) is 11.5 Å². The van der Waals surface area contributed by atoms with Gasteiger partial charge < -0.3 is 4.90 Å². The van der Waals surface area contributed by atoms with E-state index >= 15 is 0 Å². The van der Waals surface area contributed by atoms with Crippen LogP contribution in [0, 0.1) is 17.0 Å². The number of aromatic nitrogens is 2. The number of sulfonamides is 1. The summed E-state index contributed by atoms with van der Waals surface area (Å²) in [6, 6.07) is 11.0. The zero-order chi connectivity index (χ0) is 20.6. The SMILES string of the molecule is Cc1cccc2ncnc(N3CCN(S(=O)(=O)c4cccc([N+](=O)[O-])c4)CC3)c12. The van der Waals surface area contributed by atoms with Gasteiger partial charge in [-0.05, 0) is 24.6 Å². The molecule has 0 saturated carbocycles. The first-order valence-corrected chi connectivity index (χ1v) is 10.5. The third-order valence-corrected chi connectivity index (χ3v) is 6.95. The fraction of sp³-hybridized carbons (Fsp3) is 0.263. The second-order valence-electron chi connectivity index (χ2n) is 6.81. The van der Waals surface area contributed by atoms with Gasteiger partial charge in [0.15, 0.2) is 0 Å². The Kier molecular flexibility index (Phi) is 4.89. The lowest BCUT2D eigenvalue weighted by Gasteiger charge is -2.35. The molecule has 1 saturated heterocycles. The highest BCUT2D eigenvalue weighted by atomic mass is 32.2. The van der Waals surface area contributed by atoms with E-state index in [1.165, 1.54) is 28.8 Å². The molecule has 0 N–H and O–H groups in total. The Morgan fingerprint density at radius 1 is 1.03 bits per heavy atom. The first-order chi connectivity index (χ1) is 13.9. The fourth-order valence-corrected chi connectivity index (χ4v) is 5.01. The number of hydrogen-bond acceptors (Lipinski definition) is 7. The normalized spacial score (nSPS) is 15.6. The maximum absolute atomic E-state index is 12.9. The van der Waals surface area contributed by atoms with Crippen molar-refractivity contribution in [3.05, 3.63) is 64.5 Å². The van der Waals surface area contributed by atoms with Gasteiger partial charge in [-0.15, -0.1) is 0 Å². The Hall–Kier alpha value is -3.11. The molecule has 150 valence electrons. The van der Waals surface area contributed by atoms with Crippen molar-refractivity contribution < 1.29 is 13.3 Å². The molecule has 0 aliphatic carbocycles. The summed E-state index contributed by atoms with van der Waals surface area (Å²) in [7, 11) is -3.80. The van der Waals surface area contributed by atoms with Gasteiger partial charge in [-0.2, -0.15) is 4.31 Å². The molecule has 29 heavy (non-hydrogen) atoms. The quantitative estimate of drug-likeness (QED) is 0.477. The Balaban J connectivity index is 1.57. The molecule has 1 aliphatic heterocycles. The van der Waals surface area contributed by atoms with Gasteiger partial charge in [0.2, 0.25) is 10.0 Å². The van der Waals surface area contributed by atoms with E-state index in [-0.39, 0.29) is 23.7 Å². The fourth-order valence-electron chi connectivity index (χ4n) is 3.55. The molecule has 4 rings (SSSR count). The van der Waals surface area contributed by atoms with Crippen LogP contribution in [-0.4, -0.2) is 53.8 Å². The molecule has 10 heteroatoms. The van der Waals surface area contributed by atoms with Crippen LogP contribution in [0.5, 0.6) is 0 Å². The predicted molar refractivity (Wildman–Crippen MR) is 108 cm³/mol. The highest BCUT2D eigenvalue weighted by Gasteiger charge is 2.30. The van der Waals surface area contributed by atoms with Crippen LogP contribution < -0.4 is 4.90 Å². The third kappa shape index (κ3) is 3.52. The van der Waals surface area contributed by atoms with E-state index in [9.17, 15) is 18.5 Å². The molecule has 2 heterocycles. The van der Waals surface area contributed by atoms with Gasteiger partial charge in [0.1, 0.15) is 12.1 Å². The van der Waals surface area contributed by atoms with Crippen molar-refractivity contribution >= 4 is 32.4 Å². The lowest BCUT2D eigenvalue weighted by atomic mass is 10.1. The van der Waals surface area contributed by atoms with Gasteiger partial charge in [0.05, 0.1) is 15.3 Å². The second kappa shape index (κ2) is 7.37. The Labute approximate surface area is 167 Å². The number of nitro benzene ring substituents is 1. The number of hydrogen-bond donors (Lipinski definition) is 0. The molecule has 0 spiro atoms. The van der Waals surface area contributed by atoms with Gasteiger partial charge in [0, 0.05) is 43.7 Å². The number of rotatable bonds is 4. The molecule has 1 fully saturated rings. The van der Waals surface area contributed by atoms with Gasteiger partial charge in [0.25, 0.3) is 5.69 Å². The minimum atomic E-state index is -3.80. The Bertz CT molecular complexity index is 1180. The van der Waals surface area contributed by atoms with Crippen LogP contribution in [0.25, 0.3) is 10.9 Å². The zero-order valence-electron chi connectivity index (χ0n) is 15.7. The second-order valence-corrected chi connectivity index (χ2v) is 8.75. The summed E-state index contributed by atoms with van der Waals surface area (Å²) in [6.07, 6.45) is 1.52. The van der Waals surface area contributed by atoms with E-state index in [1.807, 2.05) is 25.1 Å². The topological polar surface area (TPSA) is 110 Å². The van der Waals surface area contributed by atoms with Crippen molar-refractivity contribution in [1.82, 2.24) is 14.3 Å². The average molecular weight is 413 g/mol. The van der Waals surface area contributed by atoms with Crippen LogP contribution in [0.1, 0.15) is 5.56 Å². The van der Waals surface area contributed by atoms with Crippen molar-refractivity contribution in [3.63, 3.8) is 0 Å². The molecule has 2 aromatic carbocycles. The predicted octanol–water partition coefficient (Wildman–Crippen LogP) is 2.36. The third-order valence-electron chi connectivity index (χ3n) is 5.06. The lowest BCUT2D eigenvalue weighted by Crippen LogP contribution is -2.49. The molecule has 0 unspecified atom stereocenters. The van der Waals surface area contributed by atoms with Crippen LogP contribution in [-0.2, 0) is 10.0 Å². The standard InChI is InChI=1S/C19H19N5O4S/c1-14-4-2-7-17-18(14)19(21-13-20-17)22-8-10-23(11-9-22)29(27,28)16-6-3-5-15(12-16)24(25)26/h2-7,12-13H,8-11H2,1H3. The van der Waals surface area contributed by atoms with Gasteiger partial charge >= 0.3 is 0 Å². The monoisotopic (exact) mass is 413 g/mol. The Morgan fingerprint density at radius 3 is 2.48 bits per heavy atom. The maximum Gasteiger partial charge on any atom is 0.270 e. The van der Waals surface area contributed by atoms with Crippen LogP contribution in [0.3, 0.4) is 0 Å². The number of nitro groups is 1. The van der Waals surface area contributed by atoms with Crippen LogP contribution >= 0.6 is 0 Å². The molecule has 1 aliphatic rings. The molecule has 1 aromatic heterocycles. The number of piperazine rings is 1. The van der Waals surface area contributed by atoms with Gasteiger partial charge in [-0.25, -0.2) is 18.4 Å². The molecule has 0 amide bonds. The number of nitrogens with zero attached hydrogens (tertiary/aromatic N) is 5. The highest BCUT2D eigenvalue weighted by Crippen LogP contribution is 2.28. The van der Waals surface area contributed by atoms with Crippen molar-refractivity contribution in [2.45, 2.75) is 11.8 Å². The first-order valence-electron chi connectivity index (χ1n) is 9.08. The summed E-state index contributed by atoms with van der Waals surface area (Å²) in [5.74, 6) is 0.792. The molecule has 0 radical (unpaired) electrons. The van der Waals surface area contributed by atoms with Crippen LogP contribution in [0.2, 0.25) is 0 Å². The molecule has 3 aromatic rings. The summed E-state index contributed by atoms with van der Waals surface area (Å²) in [5, 5.41) is 11.9.